The maximum absolute atomic E-state index is 12.6. The Morgan fingerprint density at radius 3 is 2.35 bits per heavy atom. The summed E-state index contributed by atoms with van der Waals surface area (Å²) in [6.45, 7) is 1.73. The first-order valence-electron chi connectivity index (χ1n) is 6.74. The number of oxime groups is 1. The molecule has 1 saturated heterocycles. The molecule has 1 aliphatic heterocycles. The van der Waals surface area contributed by atoms with Crippen LogP contribution in [0.15, 0.2) is 5.16 Å². The van der Waals surface area contributed by atoms with E-state index in [1.807, 2.05) is 0 Å². The first kappa shape index (κ1) is 15.1. The standard InChI is InChI=1S/C12H21N3O4S/c1-11(6-7-20(18,19)8-11)14-10(16)12(9(13)15-17)4-2-3-5-12/h17H,2-8H2,1H3,(H2,13,15)(H,14,16). The number of nitrogens with one attached hydrogen (secondary N) is 1. The zero-order chi connectivity index (χ0) is 15.0. The molecule has 1 heterocycles. The Bertz CT molecular complexity index is 537. The van der Waals surface area contributed by atoms with Crippen molar-refractivity contribution >= 4 is 21.6 Å². The Labute approximate surface area is 118 Å². The molecule has 7 nitrogen and oxygen atoms in total. The topological polar surface area (TPSA) is 122 Å². The number of carbonyl (C=O) groups is 1. The van der Waals surface area contributed by atoms with E-state index in [4.69, 9.17) is 10.9 Å². The van der Waals surface area contributed by atoms with Crippen molar-refractivity contribution in [2.24, 2.45) is 16.3 Å². The Morgan fingerprint density at radius 2 is 1.90 bits per heavy atom. The molecule has 1 unspecified atom stereocenters. The average molecular weight is 303 g/mol. The van der Waals surface area contributed by atoms with Crippen LogP contribution in [-0.2, 0) is 14.6 Å². The molecular formula is C12H21N3O4S. The highest BCUT2D eigenvalue weighted by molar-refractivity contribution is 7.91. The van der Waals surface area contributed by atoms with Gasteiger partial charge in [0.05, 0.1) is 17.0 Å². The second-order valence-electron chi connectivity index (χ2n) is 6.13. The van der Waals surface area contributed by atoms with Gasteiger partial charge in [-0.25, -0.2) is 8.42 Å². The normalized spacial score (nSPS) is 32.1. The highest BCUT2D eigenvalue weighted by atomic mass is 32.2. The number of nitrogens with zero attached hydrogens (tertiary/aromatic N) is 1. The van der Waals surface area contributed by atoms with Crippen LogP contribution in [0.2, 0.25) is 0 Å². The van der Waals surface area contributed by atoms with Crippen LogP contribution in [-0.4, -0.2) is 42.4 Å². The van der Waals surface area contributed by atoms with Crippen molar-refractivity contribution < 1.29 is 18.4 Å². The number of hydrogen-bond acceptors (Lipinski definition) is 5. The smallest absolute Gasteiger partial charge is 0.234 e. The molecule has 1 aliphatic carbocycles. The van der Waals surface area contributed by atoms with Crippen molar-refractivity contribution in [1.29, 1.82) is 0 Å². The van der Waals surface area contributed by atoms with Gasteiger partial charge >= 0.3 is 0 Å². The predicted molar refractivity (Wildman–Crippen MR) is 74.1 cm³/mol. The van der Waals surface area contributed by atoms with Gasteiger partial charge in [0, 0.05) is 0 Å². The Kier molecular flexibility index (Phi) is 3.70. The summed E-state index contributed by atoms with van der Waals surface area (Å²) in [5.74, 6) is -0.389. The molecule has 2 aliphatic rings. The first-order chi connectivity index (χ1) is 9.23. The lowest BCUT2D eigenvalue weighted by Crippen LogP contribution is -2.56. The quantitative estimate of drug-likeness (QED) is 0.293. The second kappa shape index (κ2) is 4.91. The highest BCUT2D eigenvalue weighted by Gasteiger charge is 2.49. The maximum Gasteiger partial charge on any atom is 0.234 e. The van der Waals surface area contributed by atoms with E-state index >= 15 is 0 Å². The van der Waals surface area contributed by atoms with Crippen LogP contribution in [0.3, 0.4) is 0 Å². The molecule has 0 aromatic heterocycles. The predicted octanol–water partition coefficient (Wildman–Crippen LogP) is -0.0134. The number of nitrogens with two attached hydrogens (primary N) is 1. The van der Waals surface area contributed by atoms with Crippen LogP contribution in [0.1, 0.15) is 39.0 Å². The SMILES string of the molecule is CC1(NC(=O)C2(C(N)=NO)CCCC2)CCS(=O)(=O)C1. The number of sulfone groups is 1. The van der Waals surface area contributed by atoms with Crippen LogP contribution < -0.4 is 11.1 Å². The fraction of sp³-hybridized carbons (Fsp3) is 0.833. The molecule has 1 amide bonds. The first-order valence-corrected chi connectivity index (χ1v) is 8.56. The van der Waals surface area contributed by atoms with Crippen LogP contribution in [0.4, 0.5) is 0 Å². The molecular weight excluding hydrogens is 282 g/mol. The van der Waals surface area contributed by atoms with Gasteiger partial charge in [-0.15, -0.1) is 0 Å². The summed E-state index contributed by atoms with van der Waals surface area (Å²) in [5.41, 5.74) is 3.95. The van der Waals surface area contributed by atoms with Gasteiger partial charge in [0.15, 0.2) is 15.7 Å². The Balaban J connectivity index is 2.19. The molecule has 2 fully saturated rings. The summed E-state index contributed by atoms with van der Waals surface area (Å²) in [6, 6.07) is 0. The third-order valence-corrected chi connectivity index (χ3v) is 6.31. The van der Waals surface area contributed by atoms with Gasteiger partial charge in [0.1, 0.15) is 5.41 Å². The van der Waals surface area contributed by atoms with Crippen molar-refractivity contribution in [3.63, 3.8) is 0 Å². The summed E-state index contributed by atoms with van der Waals surface area (Å²) in [7, 11) is -3.09. The third-order valence-electron chi connectivity index (χ3n) is 4.41. The zero-order valence-corrected chi connectivity index (χ0v) is 12.4. The van der Waals surface area contributed by atoms with Crippen molar-refractivity contribution in [2.45, 2.75) is 44.6 Å². The van der Waals surface area contributed by atoms with Crippen molar-refractivity contribution in [2.75, 3.05) is 11.5 Å². The number of amidine groups is 1. The number of carbonyl (C=O) groups excluding carboxylic acids is 1. The van der Waals surface area contributed by atoms with E-state index in [0.717, 1.165) is 12.8 Å². The Hall–Kier alpha value is -1.31. The molecule has 1 saturated carbocycles. The van der Waals surface area contributed by atoms with Crippen LogP contribution in [0, 0.1) is 5.41 Å². The number of rotatable bonds is 3. The lowest BCUT2D eigenvalue weighted by molar-refractivity contribution is -0.129. The molecule has 0 aromatic rings. The van der Waals surface area contributed by atoms with E-state index in [1.165, 1.54) is 0 Å². The molecule has 8 heteroatoms. The lowest BCUT2D eigenvalue weighted by Gasteiger charge is -2.32. The lowest BCUT2D eigenvalue weighted by atomic mass is 9.82. The molecule has 0 spiro atoms. The van der Waals surface area contributed by atoms with Crippen LogP contribution in [0.5, 0.6) is 0 Å². The monoisotopic (exact) mass is 303 g/mol. The molecule has 4 N–H and O–H groups in total. The minimum absolute atomic E-state index is 0.0575. The minimum Gasteiger partial charge on any atom is -0.409 e. The van der Waals surface area contributed by atoms with Crippen LogP contribution >= 0.6 is 0 Å². The summed E-state index contributed by atoms with van der Waals surface area (Å²) in [4.78, 5) is 12.6. The summed E-state index contributed by atoms with van der Waals surface area (Å²) >= 11 is 0. The van der Waals surface area contributed by atoms with E-state index in [-0.39, 0.29) is 23.2 Å². The molecule has 1 atom stereocenters. The van der Waals surface area contributed by atoms with Crippen molar-refractivity contribution in [3.8, 4) is 0 Å². The molecule has 0 bridgehead atoms. The van der Waals surface area contributed by atoms with Gasteiger partial charge in [0.25, 0.3) is 0 Å². The fourth-order valence-electron chi connectivity index (χ4n) is 3.18. The van der Waals surface area contributed by atoms with Gasteiger partial charge in [-0.05, 0) is 26.2 Å². The molecule has 20 heavy (non-hydrogen) atoms. The molecule has 2 rings (SSSR count). The minimum atomic E-state index is -3.09. The van der Waals surface area contributed by atoms with E-state index in [0.29, 0.717) is 19.3 Å². The van der Waals surface area contributed by atoms with Gasteiger partial charge in [-0.3, -0.25) is 4.79 Å². The van der Waals surface area contributed by atoms with Gasteiger partial charge < -0.3 is 16.3 Å². The van der Waals surface area contributed by atoms with Gasteiger partial charge in [-0.1, -0.05) is 18.0 Å². The summed E-state index contributed by atoms with van der Waals surface area (Å²) < 4.78 is 23.2. The van der Waals surface area contributed by atoms with Crippen molar-refractivity contribution in [3.05, 3.63) is 0 Å². The zero-order valence-electron chi connectivity index (χ0n) is 11.6. The molecule has 114 valence electrons. The third kappa shape index (κ3) is 2.61. The second-order valence-corrected chi connectivity index (χ2v) is 8.32. The maximum atomic E-state index is 12.6. The van der Waals surface area contributed by atoms with Gasteiger partial charge in [0.2, 0.25) is 5.91 Å². The molecule has 0 aromatic carbocycles. The Morgan fingerprint density at radius 1 is 1.30 bits per heavy atom. The van der Waals surface area contributed by atoms with E-state index in [9.17, 15) is 13.2 Å². The fourth-order valence-corrected chi connectivity index (χ4v) is 5.27. The average Bonchev–Trinajstić information content (AvgIpc) is 2.94. The number of hydrogen-bond donors (Lipinski definition) is 3. The summed E-state index contributed by atoms with van der Waals surface area (Å²) in [6.07, 6.45) is 3.11. The van der Waals surface area contributed by atoms with E-state index in [1.54, 1.807) is 6.92 Å². The molecule has 0 radical (unpaired) electrons. The van der Waals surface area contributed by atoms with Gasteiger partial charge in [-0.2, -0.15) is 0 Å². The summed E-state index contributed by atoms with van der Waals surface area (Å²) in [5, 5.41) is 14.7. The van der Waals surface area contributed by atoms with E-state index < -0.39 is 20.8 Å². The van der Waals surface area contributed by atoms with Crippen molar-refractivity contribution in [1.82, 2.24) is 5.32 Å². The highest BCUT2D eigenvalue weighted by Crippen LogP contribution is 2.39. The number of amides is 1. The largest absolute Gasteiger partial charge is 0.409 e. The van der Waals surface area contributed by atoms with E-state index in [2.05, 4.69) is 10.5 Å². The van der Waals surface area contributed by atoms with Crippen LogP contribution in [0.25, 0.3) is 0 Å².